The number of nitrogens with zero attached hydrogens (tertiary/aromatic N) is 2. The summed E-state index contributed by atoms with van der Waals surface area (Å²) in [5.41, 5.74) is 1.31. The number of anilines is 2. The van der Waals surface area contributed by atoms with Crippen molar-refractivity contribution in [1.29, 1.82) is 0 Å². The van der Waals surface area contributed by atoms with Crippen LogP contribution in [-0.2, 0) is 4.79 Å². The second-order valence-electron chi connectivity index (χ2n) is 6.00. The van der Waals surface area contributed by atoms with Gasteiger partial charge in [0.25, 0.3) is 5.91 Å². The first-order valence-corrected chi connectivity index (χ1v) is 7.74. The highest BCUT2D eigenvalue weighted by Gasteiger charge is 2.40. The van der Waals surface area contributed by atoms with E-state index in [-0.39, 0.29) is 24.1 Å². The van der Waals surface area contributed by atoms with Crippen molar-refractivity contribution in [3.63, 3.8) is 0 Å². The Bertz CT molecular complexity index is 849. The number of para-hydroxylation sites is 2. The number of benzene rings is 2. The van der Waals surface area contributed by atoms with Gasteiger partial charge in [-0.05, 0) is 43.2 Å². The largest absolute Gasteiger partial charge is 0.306 e. The third-order valence-electron chi connectivity index (χ3n) is 4.32. The molecular formula is C18H14F2N2O2. The van der Waals surface area contributed by atoms with Crippen LogP contribution in [0.4, 0.5) is 20.2 Å². The van der Waals surface area contributed by atoms with Crippen molar-refractivity contribution in [2.75, 3.05) is 16.3 Å². The first-order valence-electron chi connectivity index (χ1n) is 7.74. The Balaban J connectivity index is 1.75. The predicted octanol–water partition coefficient (Wildman–Crippen LogP) is 3.12. The van der Waals surface area contributed by atoms with E-state index in [4.69, 9.17) is 0 Å². The third kappa shape index (κ3) is 2.35. The summed E-state index contributed by atoms with van der Waals surface area (Å²) < 4.78 is 26.5. The van der Waals surface area contributed by atoms with Crippen LogP contribution in [-0.4, -0.2) is 24.4 Å². The maximum atomic E-state index is 13.4. The minimum absolute atomic E-state index is 0.0105. The van der Waals surface area contributed by atoms with E-state index in [0.717, 1.165) is 25.0 Å². The molecule has 0 saturated heterocycles. The van der Waals surface area contributed by atoms with Gasteiger partial charge in [0.15, 0.2) is 11.6 Å². The van der Waals surface area contributed by atoms with Crippen molar-refractivity contribution >= 4 is 23.2 Å². The number of hydrogen-bond acceptors (Lipinski definition) is 2. The molecule has 122 valence electrons. The van der Waals surface area contributed by atoms with Crippen molar-refractivity contribution in [2.45, 2.75) is 18.9 Å². The molecule has 1 aliphatic heterocycles. The van der Waals surface area contributed by atoms with Gasteiger partial charge in [-0.2, -0.15) is 0 Å². The van der Waals surface area contributed by atoms with E-state index in [1.54, 1.807) is 23.1 Å². The minimum Gasteiger partial charge on any atom is -0.306 e. The molecule has 2 aromatic rings. The third-order valence-corrected chi connectivity index (χ3v) is 4.32. The fourth-order valence-corrected chi connectivity index (χ4v) is 3.03. The second-order valence-corrected chi connectivity index (χ2v) is 6.00. The van der Waals surface area contributed by atoms with E-state index in [0.29, 0.717) is 11.4 Å². The summed E-state index contributed by atoms with van der Waals surface area (Å²) >= 11 is 0. The van der Waals surface area contributed by atoms with Gasteiger partial charge in [0.1, 0.15) is 6.54 Å². The Hall–Kier alpha value is -2.76. The van der Waals surface area contributed by atoms with Gasteiger partial charge in [-0.1, -0.05) is 12.1 Å². The van der Waals surface area contributed by atoms with Gasteiger partial charge in [0.2, 0.25) is 5.91 Å². The topological polar surface area (TPSA) is 40.6 Å². The number of carbonyl (C=O) groups excluding carboxylic acids is 2. The van der Waals surface area contributed by atoms with Crippen molar-refractivity contribution in [1.82, 2.24) is 0 Å². The predicted molar refractivity (Wildman–Crippen MR) is 85.0 cm³/mol. The van der Waals surface area contributed by atoms with Gasteiger partial charge in [-0.25, -0.2) is 8.78 Å². The summed E-state index contributed by atoms with van der Waals surface area (Å²) in [6.45, 7) is -0.106. The summed E-state index contributed by atoms with van der Waals surface area (Å²) in [6, 6.07) is 10.3. The van der Waals surface area contributed by atoms with E-state index in [2.05, 4.69) is 0 Å². The van der Waals surface area contributed by atoms with Gasteiger partial charge in [0.05, 0.1) is 11.4 Å². The molecule has 2 aromatic carbocycles. The zero-order chi connectivity index (χ0) is 16.8. The summed E-state index contributed by atoms with van der Waals surface area (Å²) in [7, 11) is 0. The molecule has 1 heterocycles. The van der Waals surface area contributed by atoms with Crippen LogP contribution < -0.4 is 9.80 Å². The van der Waals surface area contributed by atoms with Crippen LogP contribution in [0.2, 0.25) is 0 Å². The Morgan fingerprint density at radius 2 is 1.71 bits per heavy atom. The smallest absolute Gasteiger partial charge is 0.258 e. The zero-order valence-corrected chi connectivity index (χ0v) is 12.7. The first kappa shape index (κ1) is 14.8. The number of rotatable bonds is 2. The maximum absolute atomic E-state index is 13.4. The molecule has 0 radical (unpaired) electrons. The van der Waals surface area contributed by atoms with Crippen molar-refractivity contribution in [2.24, 2.45) is 0 Å². The normalized spacial score (nSPS) is 17.0. The monoisotopic (exact) mass is 328 g/mol. The van der Waals surface area contributed by atoms with Crippen molar-refractivity contribution < 1.29 is 18.4 Å². The molecule has 4 rings (SSSR count). The molecule has 2 aliphatic rings. The van der Waals surface area contributed by atoms with E-state index < -0.39 is 17.5 Å². The van der Waals surface area contributed by atoms with Gasteiger partial charge in [-0.3, -0.25) is 14.5 Å². The molecule has 1 aliphatic carbocycles. The average molecular weight is 328 g/mol. The standard InChI is InChI=1S/C18H14F2N2O2/c19-13-8-5-11(9-14(13)20)18(24)21-10-17(23)22(12-6-7-12)16-4-2-1-3-15(16)21/h1-5,8-9,12H,6-7,10H2. The molecule has 2 amide bonds. The highest BCUT2D eigenvalue weighted by molar-refractivity contribution is 6.16. The van der Waals surface area contributed by atoms with Crippen molar-refractivity contribution in [3.05, 3.63) is 59.7 Å². The lowest BCUT2D eigenvalue weighted by Crippen LogP contribution is -2.49. The van der Waals surface area contributed by atoms with Crippen LogP contribution in [0.5, 0.6) is 0 Å². The maximum Gasteiger partial charge on any atom is 0.258 e. The molecule has 0 unspecified atom stereocenters. The van der Waals surface area contributed by atoms with Crippen LogP contribution >= 0.6 is 0 Å². The SMILES string of the molecule is O=C(c1ccc(F)c(F)c1)N1CC(=O)N(C2CC2)c2ccccc21. The summed E-state index contributed by atoms with van der Waals surface area (Å²) in [5, 5.41) is 0. The quantitative estimate of drug-likeness (QED) is 0.850. The van der Waals surface area contributed by atoms with E-state index in [1.807, 2.05) is 6.07 Å². The highest BCUT2D eigenvalue weighted by Crippen LogP contribution is 2.40. The van der Waals surface area contributed by atoms with Crippen LogP contribution in [0.3, 0.4) is 0 Å². The molecule has 0 N–H and O–H groups in total. The van der Waals surface area contributed by atoms with E-state index >= 15 is 0 Å². The molecule has 0 spiro atoms. The van der Waals surface area contributed by atoms with Crippen LogP contribution in [0.15, 0.2) is 42.5 Å². The van der Waals surface area contributed by atoms with Gasteiger partial charge >= 0.3 is 0 Å². The van der Waals surface area contributed by atoms with E-state index in [9.17, 15) is 18.4 Å². The molecule has 24 heavy (non-hydrogen) atoms. The summed E-state index contributed by atoms with van der Waals surface area (Å²) in [4.78, 5) is 28.3. The minimum atomic E-state index is -1.09. The van der Waals surface area contributed by atoms with Crippen LogP contribution in [0.25, 0.3) is 0 Å². The summed E-state index contributed by atoms with van der Waals surface area (Å²) in [5.74, 6) is -2.78. The number of halogens is 2. The molecule has 0 aromatic heterocycles. The Labute approximate surface area is 137 Å². The van der Waals surface area contributed by atoms with Gasteiger partial charge in [-0.15, -0.1) is 0 Å². The molecule has 0 bridgehead atoms. The number of carbonyl (C=O) groups is 2. The molecule has 1 fully saturated rings. The number of fused-ring (bicyclic) bond motifs is 1. The van der Waals surface area contributed by atoms with Crippen LogP contribution in [0.1, 0.15) is 23.2 Å². The fourth-order valence-electron chi connectivity index (χ4n) is 3.03. The van der Waals surface area contributed by atoms with Gasteiger partial charge < -0.3 is 4.90 Å². The number of amides is 2. The van der Waals surface area contributed by atoms with E-state index in [1.165, 1.54) is 11.0 Å². The van der Waals surface area contributed by atoms with Crippen molar-refractivity contribution in [3.8, 4) is 0 Å². The lowest BCUT2D eigenvalue weighted by molar-refractivity contribution is -0.117. The Kier molecular flexibility index (Phi) is 3.33. The van der Waals surface area contributed by atoms with Gasteiger partial charge in [0, 0.05) is 11.6 Å². The Morgan fingerprint density at radius 1 is 1.00 bits per heavy atom. The lowest BCUT2D eigenvalue weighted by atomic mass is 10.1. The summed E-state index contributed by atoms with van der Waals surface area (Å²) in [6.07, 6.45) is 1.91. The first-order chi connectivity index (χ1) is 11.6. The number of hydrogen-bond donors (Lipinski definition) is 0. The molecule has 1 saturated carbocycles. The Morgan fingerprint density at radius 3 is 2.38 bits per heavy atom. The lowest BCUT2D eigenvalue weighted by Gasteiger charge is -2.36. The molecule has 0 atom stereocenters. The zero-order valence-electron chi connectivity index (χ0n) is 12.7. The fraction of sp³-hybridized carbons (Fsp3) is 0.222. The molecular weight excluding hydrogens is 314 g/mol. The second kappa shape index (κ2) is 5.40. The molecule has 4 nitrogen and oxygen atoms in total. The van der Waals surface area contributed by atoms with Crippen LogP contribution in [0, 0.1) is 11.6 Å². The average Bonchev–Trinajstić information content (AvgIpc) is 3.40. The highest BCUT2D eigenvalue weighted by atomic mass is 19.2. The molecule has 6 heteroatoms.